The van der Waals surface area contributed by atoms with E-state index in [1.807, 2.05) is 42.0 Å². The number of rotatable bonds is 5. The van der Waals surface area contributed by atoms with E-state index in [-0.39, 0.29) is 0 Å². The molecular weight excluding hydrogens is 314 g/mol. The summed E-state index contributed by atoms with van der Waals surface area (Å²) in [5.41, 5.74) is 4.00. The molecule has 6 nitrogen and oxygen atoms in total. The largest absolute Gasteiger partial charge is 0.490 e. The summed E-state index contributed by atoms with van der Waals surface area (Å²) in [6, 6.07) is 10.1. The van der Waals surface area contributed by atoms with E-state index in [0.717, 1.165) is 54.3 Å². The van der Waals surface area contributed by atoms with Crippen molar-refractivity contribution in [2.75, 3.05) is 18.4 Å². The normalized spacial score (nSPS) is 15.4. The van der Waals surface area contributed by atoms with Crippen LogP contribution in [0.5, 0.6) is 5.75 Å². The molecule has 3 heterocycles. The summed E-state index contributed by atoms with van der Waals surface area (Å²) in [6.45, 7) is 4.76. The molecule has 6 heteroatoms. The zero-order valence-electron chi connectivity index (χ0n) is 14.4. The van der Waals surface area contributed by atoms with E-state index in [2.05, 4.69) is 32.8 Å². The Hall–Kier alpha value is -2.60. The highest BCUT2D eigenvalue weighted by Crippen LogP contribution is 2.20. The number of nitrogens with one attached hydrogen (secondary N) is 2. The Morgan fingerprint density at radius 2 is 2.04 bits per heavy atom. The Balaban J connectivity index is 1.35. The Kier molecular flexibility index (Phi) is 4.52. The van der Waals surface area contributed by atoms with E-state index in [1.165, 1.54) is 0 Å². The number of nitrogens with zero attached hydrogens (tertiary/aromatic N) is 3. The summed E-state index contributed by atoms with van der Waals surface area (Å²) in [4.78, 5) is 4.43. The number of ether oxygens (including phenoxy) is 1. The zero-order chi connectivity index (χ0) is 17.1. The van der Waals surface area contributed by atoms with Crippen molar-refractivity contribution in [3.05, 3.63) is 54.0 Å². The molecule has 1 saturated heterocycles. The number of fused-ring (bicyclic) bond motifs is 1. The van der Waals surface area contributed by atoms with Crippen molar-refractivity contribution >= 4 is 11.3 Å². The number of anilines is 1. The molecule has 1 fully saturated rings. The molecule has 3 aromatic rings. The van der Waals surface area contributed by atoms with Crippen molar-refractivity contribution in [1.29, 1.82) is 0 Å². The minimum atomic E-state index is 0.329. The van der Waals surface area contributed by atoms with E-state index in [0.29, 0.717) is 12.6 Å². The predicted octanol–water partition coefficient (Wildman–Crippen LogP) is 2.78. The zero-order valence-corrected chi connectivity index (χ0v) is 14.4. The molecule has 0 amide bonds. The van der Waals surface area contributed by atoms with Crippen molar-refractivity contribution in [3.63, 3.8) is 0 Å². The van der Waals surface area contributed by atoms with Crippen LogP contribution < -0.4 is 15.4 Å². The molecule has 25 heavy (non-hydrogen) atoms. The van der Waals surface area contributed by atoms with Crippen LogP contribution >= 0.6 is 0 Å². The van der Waals surface area contributed by atoms with Gasteiger partial charge in [0.15, 0.2) is 5.65 Å². The SMILES string of the molecule is Cc1cc2ncc(CNc3ccc(OC4CCNCC4)cc3)cn2n1. The molecule has 0 bridgehead atoms. The lowest BCUT2D eigenvalue weighted by molar-refractivity contribution is 0.162. The summed E-state index contributed by atoms with van der Waals surface area (Å²) in [5.74, 6) is 0.938. The van der Waals surface area contributed by atoms with Gasteiger partial charge in [0.2, 0.25) is 0 Å². The van der Waals surface area contributed by atoms with E-state index >= 15 is 0 Å². The van der Waals surface area contributed by atoms with Gasteiger partial charge in [0, 0.05) is 36.3 Å². The first-order chi connectivity index (χ1) is 12.3. The lowest BCUT2D eigenvalue weighted by atomic mass is 10.1. The molecule has 1 aliphatic heterocycles. The van der Waals surface area contributed by atoms with Crippen LogP contribution in [-0.4, -0.2) is 33.8 Å². The molecule has 2 aromatic heterocycles. The molecule has 0 radical (unpaired) electrons. The maximum absolute atomic E-state index is 6.03. The van der Waals surface area contributed by atoms with Gasteiger partial charge >= 0.3 is 0 Å². The second-order valence-corrected chi connectivity index (χ2v) is 6.50. The van der Waals surface area contributed by atoms with Crippen molar-refractivity contribution in [2.45, 2.75) is 32.4 Å². The van der Waals surface area contributed by atoms with Gasteiger partial charge in [-0.15, -0.1) is 0 Å². The van der Waals surface area contributed by atoms with Crippen LogP contribution in [0, 0.1) is 6.92 Å². The van der Waals surface area contributed by atoms with Gasteiger partial charge in [-0.3, -0.25) is 0 Å². The second-order valence-electron chi connectivity index (χ2n) is 6.50. The lowest BCUT2D eigenvalue weighted by Gasteiger charge is -2.23. The van der Waals surface area contributed by atoms with Crippen molar-refractivity contribution in [3.8, 4) is 5.75 Å². The van der Waals surface area contributed by atoms with Crippen LogP contribution in [0.3, 0.4) is 0 Å². The molecule has 0 unspecified atom stereocenters. The Bertz CT molecular complexity index is 837. The monoisotopic (exact) mass is 337 g/mol. The van der Waals surface area contributed by atoms with Crippen LogP contribution in [0.1, 0.15) is 24.1 Å². The lowest BCUT2D eigenvalue weighted by Crippen LogP contribution is -2.34. The van der Waals surface area contributed by atoms with Crippen LogP contribution in [0.25, 0.3) is 5.65 Å². The summed E-state index contributed by atoms with van der Waals surface area (Å²) < 4.78 is 7.86. The third-order valence-electron chi connectivity index (χ3n) is 4.43. The van der Waals surface area contributed by atoms with Gasteiger partial charge in [-0.1, -0.05) is 0 Å². The van der Waals surface area contributed by atoms with Crippen molar-refractivity contribution in [1.82, 2.24) is 19.9 Å². The van der Waals surface area contributed by atoms with Gasteiger partial charge in [-0.2, -0.15) is 5.10 Å². The first kappa shape index (κ1) is 15.9. The summed E-state index contributed by atoms with van der Waals surface area (Å²) in [5, 5.41) is 11.2. The van der Waals surface area contributed by atoms with E-state index in [1.54, 1.807) is 0 Å². The summed E-state index contributed by atoms with van der Waals surface area (Å²) >= 11 is 0. The van der Waals surface area contributed by atoms with E-state index in [4.69, 9.17) is 4.74 Å². The molecule has 4 rings (SSSR count). The fourth-order valence-corrected chi connectivity index (χ4v) is 3.09. The highest BCUT2D eigenvalue weighted by Gasteiger charge is 2.14. The number of piperidine rings is 1. The summed E-state index contributed by atoms with van der Waals surface area (Å²) in [6.07, 6.45) is 6.37. The molecule has 2 N–H and O–H groups in total. The first-order valence-corrected chi connectivity index (χ1v) is 8.78. The molecule has 0 spiro atoms. The maximum atomic E-state index is 6.03. The molecule has 0 aliphatic carbocycles. The minimum Gasteiger partial charge on any atom is -0.490 e. The Labute approximate surface area is 147 Å². The number of hydrogen-bond donors (Lipinski definition) is 2. The smallest absolute Gasteiger partial charge is 0.155 e. The van der Waals surface area contributed by atoms with Gasteiger partial charge in [-0.25, -0.2) is 9.50 Å². The molecule has 130 valence electrons. The Morgan fingerprint density at radius 1 is 1.24 bits per heavy atom. The highest BCUT2D eigenvalue weighted by molar-refractivity contribution is 5.47. The third-order valence-corrected chi connectivity index (χ3v) is 4.43. The minimum absolute atomic E-state index is 0.329. The molecule has 1 aliphatic rings. The standard InChI is InChI=1S/C19H23N5O/c1-14-10-19-22-12-15(13-24(19)23-14)11-21-16-2-4-17(5-3-16)25-18-6-8-20-9-7-18/h2-5,10,12-13,18,20-21H,6-9,11H2,1H3. The molecule has 0 atom stereocenters. The maximum Gasteiger partial charge on any atom is 0.155 e. The summed E-state index contributed by atoms with van der Waals surface area (Å²) in [7, 11) is 0. The third kappa shape index (κ3) is 3.91. The Morgan fingerprint density at radius 3 is 2.84 bits per heavy atom. The molecule has 1 aromatic carbocycles. The van der Waals surface area contributed by atoms with Crippen molar-refractivity contribution in [2.24, 2.45) is 0 Å². The molecule has 0 saturated carbocycles. The number of aryl methyl sites for hydroxylation is 1. The van der Waals surface area contributed by atoms with E-state index in [9.17, 15) is 0 Å². The van der Waals surface area contributed by atoms with Crippen LogP contribution in [-0.2, 0) is 6.54 Å². The van der Waals surface area contributed by atoms with Gasteiger partial charge < -0.3 is 15.4 Å². The second kappa shape index (κ2) is 7.11. The first-order valence-electron chi connectivity index (χ1n) is 8.78. The van der Waals surface area contributed by atoms with Crippen LogP contribution in [0.15, 0.2) is 42.7 Å². The topological polar surface area (TPSA) is 63.5 Å². The number of benzene rings is 1. The fraction of sp³-hybridized carbons (Fsp3) is 0.368. The van der Waals surface area contributed by atoms with Crippen LogP contribution in [0.4, 0.5) is 5.69 Å². The molecular formula is C19H23N5O. The van der Waals surface area contributed by atoms with Gasteiger partial charge in [-0.05, 0) is 57.1 Å². The van der Waals surface area contributed by atoms with Gasteiger partial charge in [0.05, 0.1) is 5.69 Å². The van der Waals surface area contributed by atoms with Crippen molar-refractivity contribution < 1.29 is 4.74 Å². The average molecular weight is 337 g/mol. The predicted molar refractivity (Wildman–Crippen MR) is 98.0 cm³/mol. The van der Waals surface area contributed by atoms with Crippen LogP contribution in [0.2, 0.25) is 0 Å². The highest BCUT2D eigenvalue weighted by atomic mass is 16.5. The van der Waals surface area contributed by atoms with Gasteiger partial charge in [0.25, 0.3) is 0 Å². The fourth-order valence-electron chi connectivity index (χ4n) is 3.09. The van der Waals surface area contributed by atoms with E-state index < -0.39 is 0 Å². The quantitative estimate of drug-likeness (QED) is 0.749. The number of hydrogen-bond acceptors (Lipinski definition) is 5. The number of aromatic nitrogens is 3. The van der Waals surface area contributed by atoms with Gasteiger partial charge in [0.1, 0.15) is 11.9 Å². The average Bonchev–Trinajstić information content (AvgIpc) is 3.01.